The molecular weight excluding hydrogens is 262 g/mol. The van der Waals surface area contributed by atoms with E-state index in [2.05, 4.69) is 42.2 Å². The van der Waals surface area contributed by atoms with E-state index in [4.69, 9.17) is 11.6 Å². The van der Waals surface area contributed by atoms with Crippen LogP contribution >= 0.6 is 22.9 Å². The van der Waals surface area contributed by atoms with Gasteiger partial charge in [-0.05, 0) is 36.2 Å². The zero-order valence-corrected chi connectivity index (χ0v) is 11.6. The quantitative estimate of drug-likeness (QED) is 0.598. The van der Waals surface area contributed by atoms with E-state index < -0.39 is 0 Å². The number of alkyl halides is 1. The van der Waals surface area contributed by atoms with Crippen LogP contribution in [0.3, 0.4) is 0 Å². The van der Waals surface area contributed by atoms with E-state index in [9.17, 15) is 0 Å². The number of thiazole rings is 1. The van der Waals surface area contributed by atoms with E-state index in [1.54, 1.807) is 11.3 Å². The van der Waals surface area contributed by atoms with Gasteiger partial charge in [-0.3, -0.25) is 0 Å². The lowest BCUT2D eigenvalue weighted by atomic mass is 10.1. The number of fused-ring (bicyclic) bond motifs is 1. The van der Waals surface area contributed by atoms with Gasteiger partial charge in [-0.1, -0.05) is 24.3 Å². The first-order valence-electron chi connectivity index (χ1n) is 5.79. The first-order chi connectivity index (χ1) is 8.76. The van der Waals surface area contributed by atoms with Crippen LogP contribution in [0.25, 0.3) is 20.8 Å². The van der Waals surface area contributed by atoms with Gasteiger partial charge in [0.15, 0.2) is 0 Å². The Hall–Kier alpha value is -1.38. The Morgan fingerprint density at radius 1 is 1.17 bits per heavy atom. The maximum absolute atomic E-state index is 5.87. The maximum atomic E-state index is 5.87. The van der Waals surface area contributed by atoms with Gasteiger partial charge in [0.25, 0.3) is 0 Å². The number of nitrogens with zero attached hydrogens (tertiary/aromatic N) is 1. The van der Waals surface area contributed by atoms with Crippen molar-refractivity contribution in [3.8, 4) is 10.6 Å². The predicted octanol–water partition coefficient (Wildman–Crippen LogP) is 5.01. The second-order valence-electron chi connectivity index (χ2n) is 4.32. The number of benzene rings is 2. The molecule has 3 rings (SSSR count). The molecule has 2 aromatic carbocycles. The summed E-state index contributed by atoms with van der Waals surface area (Å²) < 4.78 is 1.24. The van der Waals surface area contributed by atoms with Crippen LogP contribution in [0, 0.1) is 6.92 Å². The zero-order chi connectivity index (χ0) is 12.5. The Morgan fingerprint density at radius 2 is 2.06 bits per heavy atom. The average Bonchev–Trinajstić information content (AvgIpc) is 2.81. The minimum Gasteiger partial charge on any atom is -0.236 e. The van der Waals surface area contributed by atoms with Gasteiger partial charge in [-0.25, -0.2) is 4.98 Å². The third-order valence-electron chi connectivity index (χ3n) is 2.87. The van der Waals surface area contributed by atoms with Crippen LogP contribution in [0.1, 0.15) is 11.1 Å². The summed E-state index contributed by atoms with van der Waals surface area (Å²) in [7, 11) is 0. The summed E-state index contributed by atoms with van der Waals surface area (Å²) in [4.78, 5) is 4.67. The molecule has 0 saturated heterocycles. The second-order valence-corrected chi connectivity index (χ2v) is 5.62. The standard InChI is InChI=1S/C15H12ClNS/c1-10-5-6-13-14(7-10)18-15(17-13)12-4-2-3-11(8-12)9-16/h2-8H,9H2,1H3. The summed E-state index contributed by atoms with van der Waals surface area (Å²) in [5.74, 6) is 0.540. The molecule has 0 aliphatic rings. The monoisotopic (exact) mass is 273 g/mol. The van der Waals surface area contributed by atoms with Crippen LogP contribution in [0.15, 0.2) is 42.5 Å². The molecule has 0 spiro atoms. The molecule has 0 aliphatic carbocycles. The second kappa shape index (κ2) is 4.71. The molecule has 3 heteroatoms. The zero-order valence-electron chi connectivity index (χ0n) is 9.98. The minimum atomic E-state index is 0.540. The van der Waals surface area contributed by atoms with Crippen LogP contribution in [0.2, 0.25) is 0 Å². The number of aromatic nitrogens is 1. The van der Waals surface area contributed by atoms with Crippen molar-refractivity contribution in [1.82, 2.24) is 4.98 Å². The Labute approximate surface area is 115 Å². The molecule has 1 nitrogen and oxygen atoms in total. The highest BCUT2D eigenvalue weighted by atomic mass is 35.5. The first kappa shape index (κ1) is 11.7. The molecule has 0 fully saturated rings. The Morgan fingerprint density at radius 3 is 2.89 bits per heavy atom. The summed E-state index contributed by atoms with van der Waals surface area (Å²) in [6.45, 7) is 2.10. The van der Waals surface area contributed by atoms with Gasteiger partial charge in [0.05, 0.1) is 10.2 Å². The summed E-state index contributed by atoms with van der Waals surface area (Å²) in [5.41, 5.74) is 4.61. The van der Waals surface area contributed by atoms with E-state index >= 15 is 0 Å². The fourth-order valence-corrected chi connectivity index (χ4v) is 3.17. The van der Waals surface area contributed by atoms with E-state index in [1.807, 2.05) is 12.1 Å². The number of aryl methyl sites for hydroxylation is 1. The highest BCUT2D eigenvalue weighted by molar-refractivity contribution is 7.21. The molecule has 3 aromatic rings. The highest BCUT2D eigenvalue weighted by Gasteiger charge is 2.06. The van der Waals surface area contributed by atoms with Crippen LogP contribution in [-0.4, -0.2) is 4.98 Å². The van der Waals surface area contributed by atoms with Gasteiger partial charge < -0.3 is 0 Å². The fraction of sp³-hybridized carbons (Fsp3) is 0.133. The van der Waals surface area contributed by atoms with Gasteiger partial charge in [0.1, 0.15) is 5.01 Å². The van der Waals surface area contributed by atoms with Gasteiger partial charge >= 0.3 is 0 Å². The lowest BCUT2D eigenvalue weighted by Crippen LogP contribution is -1.80. The number of hydrogen-bond acceptors (Lipinski definition) is 2. The number of halogens is 1. The molecule has 0 unspecified atom stereocenters. The smallest absolute Gasteiger partial charge is 0.124 e. The molecule has 0 amide bonds. The molecule has 1 heterocycles. The van der Waals surface area contributed by atoms with Crippen molar-refractivity contribution in [3.63, 3.8) is 0 Å². The van der Waals surface area contributed by atoms with Gasteiger partial charge in [-0.2, -0.15) is 0 Å². The minimum absolute atomic E-state index is 0.540. The number of hydrogen-bond donors (Lipinski definition) is 0. The van der Waals surface area contributed by atoms with Gasteiger partial charge in [0, 0.05) is 11.4 Å². The van der Waals surface area contributed by atoms with E-state index in [0.717, 1.165) is 21.7 Å². The summed E-state index contributed by atoms with van der Waals surface area (Å²) in [6, 6.07) is 14.6. The Kier molecular flexibility index (Phi) is 3.06. The normalized spacial score (nSPS) is 11.0. The molecule has 1 aromatic heterocycles. The SMILES string of the molecule is Cc1ccc2nc(-c3cccc(CCl)c3)sc2c1. The maximum Gasteiger partial charge on any atom is 0.124 e. The van der Waals surface area contributed by atoms with Crippen molar-refractivity contribution in [2.24, 2.45) is 0 Å². The molecule has 0 saturated carbocycles. The van der Waals surface area contributed by atoms with Crippen LogP contribution < -0.4 is 0 Å². The van der Waals surface area contributed by atoms with Gasteiger partial charge in [0.2, 0.25) is 0 Å². The molecule has 0 atom stereocenters. The van der Waals surface area contributed by atoms with E-state index in [1.165, 1.54) is 10.3 Å². The van der Waals surface area contributed by atoms with Crippen molar-refractivity contribution in [1.29, 1.82) is 0 Å². The molecule has 0 aliphatic heterocycles. The summed E-state index contributed by atoms with van der Waals surface area (Å²) >= 11 is 7.60. The van der Waals surface area contributed by atoms with Crippen molar-refractivity contribution in [2.75, 3.05) is 0 Å². The highest BCUT2D eigenvalue weighted by Crippen LogP contribution is 2.31. The molecule has 90 valence electrons. The van der Waals surface area contributed by atoms with E-state index in [0.29, 0.717) is 5.88 Å². The van der Waals surface area contributed by atoms with E-state index in [-0.39, 0.29) is 0 Å². The van der Waals surface area contributed by atoms with Gasteiger partial charge in [-0.15, -0.1) is 22.9 Å². The van der Waals surface area contributed by atoms with Crippen LogP contribution in [0.4, 0.5) is 0 Å². The lowest BCUT2D eigenvalue weighted by Gasteiger charge is -1.98. The lowest BCUT2D eigenvalue weighted by molar-refractivity contribution is 1.39. The van der Waals surface area contributed by atoms with Crippen molar-refractivity contribution in [2.45, 2.75) is 12.8 Å². The Balaban J connectivity index is 2.13. The summed E-state index contributed by atoms with van der Waals surface area (Å²) in [6.07, 6.45) is 0. The van der Waals surface area contributed by atoms with Crippen LogP contribution in [0.5, 0.6) is 0 Å². The largest absolute Gasteiger partial charge is 0.236 e. The number of rotatable bonds is 2. The molecule has 0 radical (unpaired) electrons. The third kappa shape index (κ3) is 2.14. The van der Waals surface area contributed by atoms with Crippen molar-refractivity contribution >= 4 is 33.2 Å². The Bertz CT molecular complexity index is 703. The average molecular weight is 274 g/mol. The predicted molar refractivity (Wildman–Crippen MR) is 79.4 cm³/mol. The molecule has 18 heavy (non-hydrogen) atoms. The van der Waals surface area contributed by atoms with Crippen molar-refractivity contribution in [3.05, 3.63) is 53.6 Å². The van der Waals surface area contributed by atoms with Crippen molar-refractivity contribution < 1.29 is 0 Å². The summed E-state index contributed by atoms with van der Waals surface area (Å²) in [5, 5.41) is 1.06. The fourth-order valence-electron chi connectivity index (χ4n) is 1.94. The molecular formula is C15H12ClNS. The molecule has 0 bridgehead atoms. The topological polar surface area (TPSA) is 12.9 Å². The molecule has 0 N–H and O–H groups in total. The third-order valence-corrected chi connectivity index (χ3v) is 4.25. The first-order valence-corrected chi connectivity index (χ1v) is 7.14. The van der Waals surface area contributed by atoms with Crippen LogP contribution in [-0.2, 0) is 5.88 Å².